The summed E-state index contributed by atoms with van der Waals surface area (Å²) in [4.78, 5) is 0. The van der Waals surface area contributed by atoms with Gasteiger partial charge in [-0.1, -0.05) is 18.2 Å². The van der Waals surface area contributed by atoms with Gasteiger partial charge in [-0.05, 0) is 30.8 Å². The lowest BCUT2D eigenvalue weighted by Gasteiger charge is -2.06. The smallest absolute Gasteiger partial charge is 0.176 e. The highest BCUT2D eigenvalue weighted by Gasteiger charge is 2.18. The van der Waals surface area contributed by atoms with Gasteiger partial charge in [0.1, 0.15) is 0 Å². The molecule has 17 heavy (non-hydrogen) atoms. The number of fused-ring (bicyclic) bond motifs is 1. The minimum atomic E-state index is 0. The first-order valence-electron chi connectivity index (χ1n) is 6.03. The second kappa shape index (κ2) is 5.61. The molecule has 1 aromatic carbocycles. The van der Waals surface area contributed by atoms with Crippen LogP contribution in [0.15, 0.2) is 42.7 Å². The second-order valence-corrected chi connectivity index (χ2v) is 4.56. The predicted molar refractivity (Wildman–Crippen MR) is 65.2 cm³/mol. The average Bonchev–Trinajstić information content (AvgIpc) is 2.82. The lowest BCUT2D eigenvalue weighted by molar-refractivity contribution is -0.697. The Hall–Kier alpha value is -0.930. The van der Waals surface area contributed by atoms with Crippen molar-refractivity contribution in [2.24, 2.45) is 0 Å². The molecule has 90 valence electrons. The summed E-state index contributed by atoms with van der Waals surface area (Å²) < 4.78 is 2.30. The molecule has 1 saturated heterocycles. The van der Waals surface area contributed by atoms with E-state index < -0.39 is 0 Å². The number of benzene rings is 1. The van der Waals surface area contributed by atoms with Crippen molar-refractivity contribution in [2.75, 3.05) is 6.54 Å². The Labute approximate surface area is 112 Å². The fraction of sp³-hybridized carbons (Fsp3) is 0.357. The molecule has 1 aliphatic heterocycles. The highest BCUT2D eigenvalue weighted by molar-refractivity contribution is 5.80. The predicted octanol–water partition coefficient (Wildman–Crippen LogP) is -1.12. The molecule has 1 aromatic heterocycles. The van der Waals surface area contributed by atoms with E-state index in [0.717, 1.165) is 6.54 Å². The molecule has 1 atom stereocenters. The SMILES string of the molecule is [Br-].c1ccc2c[n+](C[C@@H]3CCCN3)ccc2c1. The Morgan fingerprint density at radius 3 is 2.76 bits per heavy atom. The maximum atomic E-state index is 3.53. The third-order valence-electron chi connectivity index (χ3n) is 3.34. The maximum absolute atomic E-state index is 3.53. The van der Waals surface area contributed by atoms with Crippen LogP contribution in [0.1, 0.15) is 12.8 Å². The number of nitrogens with zero attached hydrogens (tertiary/aromatic N) is 1. The first-order valence-corrected chi connectivity index (χ1v) is 6.03. The van der Waals surface area contributed by atoms with E-state index in [0.29, 0.717) is 6.04 Å². The number of pyridine rings is 1. The topological polar surface area (TPSA) is 15.9 Å². The van der Waals surface area contributed by atoms with Crippen LogP contribution in [0.5, 0.6) is 0 Å². The van der Waals surface area contributed by atoms with Crippen LogP contribution < -0.4 is 26.9 Å². The molecule has 0 unspecified atom stereocenters. The van der Waals surface area contributed by atoms with Crippen molar-refractivity contribution in [3.8, 4) is 0 Å². The molecule has 1 aliphatic rings. The van der Waals surface area contributed by atoms with Crippen LogP contribution in [0.25, 0.3) is 10.8 Å². The first-order chi connectivity index (χ1) is 7.92. The zero-order valence-electron chi connectivity index (χ0n) is 9.77. The summed E-state index contributed by atoms with van der Waals surface area (Å²) in [6.07, 6.45) is 7.05. The average molecular weight is 293 g/mol. The molecule has 0 bridgehead atoms. The molecular formula is C14H17BrN2. The van der Waals surface area contributed by atoms with Crippen molar-refractivity contribution in [1.29, 1.82) is 0 Å². The minimum absolute atomic E-state index is 0. The van der Waals surface area contributed by atoms with Crippen molar-refractivity contribution < 1.29 is 21.5 Å². The van der Waals surface area contributed by atoms with E-state index >= 15 is 0 Å². The van der Waals surface area contributed by atoms with Gasteiger partial charge in [0.25, 0.3) is 0 Å². The zero-order valence-corrected chi connectivity index (χ0v) is 11.4. The molecule has 0 amide bonds. The molecule has 1 fully saturated rings. The summed E-state index contributed by atoms with van der Waals surface area (Å²) in [7, 11) is 0. The van der Waals surface area contributed by atoms with Crippen molar-refractivity contribution in [2.45, 2.75) is 25.4 Å². The normalized spacial score (nSPS) is 19.2. The zero-order chi connectivity index (χ0) is 10.8. The summed E-state index contributed by atoms with van der Waals surface area (Å²) in [6, 6.07) is 11.4. The fourth-order valence-corrected chi connectivity index (χ4v) is 2.46. The van der Waals surface area contributed by atoms with Gasteiger partial charge in [-0.3, -0.25) is 0 Å². The van der Waals surface area contributed by atoms with Crippen LogP contribution in [0.3, 0.4) is 0 Å². The number of nitrogens with one attached hydrogen (secondary N) is 1. The summed E-state index contributed by atoms with van der Waals surface area (Å²) in [5.41, 5.74) is 0. The molecule has 0 spiro atoms. The molecule has 1 N–H and O–H groups in total. The number of rotatable bonds is 2. The van der Waals surface area contributed by atoms with E-state index in [-0.39, 0.29) is 17.0 Å². The van der Waals surface area contributed by atoms with Crippen molar-refractivity contribution in [1.82, 2.24) is 5.32 Å². The third kappa shape index (κ3) is 2.85. The fourth-order valence-electron chi connectivity index (χ4n) is 2.46. The molecule has 0 saturated carbocycles. The van der Waals surface area contributed by atoms with Crippen LogP contribution in [0.4, 0.5) is 0 Å². The molecular weight excluding hydrogens is 276 g/mol. The monoisotopic (exact) mass is 292 g/mol. The highest BCUT2D eigenvalue weighted by Crippen LogP contribution is 2.10. The Morgan fingerprint density at radius 2 is 2.00 bits per heavy atom. The first kappa shape index (κ1) is 12.5. The van der Waals surface area contributed by atoms with Crippen molar-refractivity contribution >= 4 is 10.8 Å². The third-order valence-corrected chi connectivity index (χ3v) is 3.34. The van der Waals surface area contributed by atoms with Gasteiger partial charge in [-0.15, -0.1) is 0 Å². The van der Waals surface area contributed by atoms with Gasteiger partial charge in [-0.25, -0.2) is 4.57 Å². The molecule has 2 aromatic rings. The summed E-state index contributed by atoms with van der Waals surface area (Å²) in [5, 5.41) is 6.17. The van der Waals surface area contributed by atoms with E-state index in [1.54, 1.807) is 0 Å². The van der Waals surface area contributed by atoms with Crippen LogP contribution in [0.2, 0.25) is 0 Å². The molecule has 0 aliphatic carbocycles. The Morgan fingerprint density at radius 1 is 1.18 bits per heavy atom. The van der Waals surface area contributed by atoms with Gasteiger partial charge >= 0.3 is 0 Å². The van der Waals surface area contributed by atoms with Gasteiger partial charge < -0.3 is 22.3 Å². The molecule has 3 heteroatoms. The summed E-state index contributed by atoms with van der Waals surface area (Å²) in [5.74, 6) is 0. The molecule has 3 rings (SSSR count). The Balaban J connectivity index is 0.00000108. The van der Waals surface area contributed by atoms with E-state index in [2.05, 4.69) is 52.6 Å². The maximum Gasteiger partial charge on any atom is 0.176 e. The molecule has 2 nitrogen and oxygen atoms in total. The standard InChI is InChI=1S/C14H17N2.BrH/c1-2-5-13-10-16(9-7-12(13)4-1)11-14-6-3-8-15-14;/h1-2,4-5,7,9-10,14-15H,3,6,8,11H2;1H/q+1;/p-1/t14-;/m0./s1. The molecule has 2 heterocycles. The number of hydrogen-bond acceptors (Lipinski definition) is 1. The number of halogens is 1. The van der Waals surface area contributed by atoms with Gasteiger partial charge in [-0.2, -0.15) is 0 Å². The van der Waals surface area contributed by atoms with Crippen LogP contribution in [-0.4, -0.2) is 12.6 Å². The van der Waals surface area contributed by atoms with Crippen molar-refractivity contribution in [3.05, 3.63) is 42.7 Å². The van der Waals surface area contributed by atoms with Crippen LogP contribution in [0, 0.1) is 0 Å². The van der Waals surface area contributed by atoms with Crippen LogP contribution in [-0.2, 0) is 6.54 Å². The van der Waals surface area contributed by atoms with Gasteiger partial charge in [0.2, 0.25) is 0 Å². The van der Waals surface area contributed by atoms with E-state index in [1.807, 2.05) is 0 Å². The summed E-state index contributed by atoms with van der Waals surface area (Å²) >= 11 is 0. The molecule has 0 radical (unpaired) electrons. The second-order valence-electron chi connectivity index (χ2n) is 4.56. The lowest BCUT2D eigenvalue weighted by Crippen LogP contribution is -3.00. The summed E-state index contributed by atoms with van der Waals surface area (Å²) in [6.45, 7) is 2.27. The van der Waals surface area contributed by atoms with E-state index in [4.69, 9.17) is 0 Å². The van der Waals surface area contributed by atoms with Gasteiger partial charge in [0.15, 0.2) is 18.9 Å². The van der Waals surface area contributed by atoms with E-state index in [9.17, 15) is 0 Å². The largest absolute Gasteiger partial charge is 1.00 e. The van der Waals surface area contributed by atoms with Gasteiger partial charge in [0, 0.05) is 11.5 Å². The lowest BCUT2D eigenvalue weighted by atomic mass is 10.2. The number of hydrogen-bond donors (Lipinski definition) is 1. The van der Waals surface area contributed by atoms with E-state index in [1.165, 1.54) is 30.2 Å². The Bertz CT molecular complexity index is 492. The van der Waals surface area contributed by atoms with Crippen molar-refractivity contribution in [3.63, 3.8) is 0 Å². The minimum Gasteiger partial charge on any atom is -1.00 e. The highest BCUT2D eigenvalue weighted by atomic mass is 79.9. The van der Waals surface area contributed by atoms with Gasteiger partial charge in [0.05, 0.1) is 6.04 Å². The Kier molecular flexibility index (Phi) is 4.13. The number of aromatic nitrogens is 1. The quantitative estimate of drug-likeness (QED) is 0.694. The van der Waals surface area contributed by atoms with Crippen LogP contribution >= 0.6 is 0 Å².